The SMILES string of the molecule is Cc1cc2[nH]c(C(O)CCc3ccccc3)c(-c3ccccc3)c2cc1C(=O)O. The number of aromatic amines is 1. The fourth-order valence-corrected chi connectivity index (χ4v) is 3.86. The Morgan fingerprint density at radius 3 is 2.31 bits per heavy atom. The number of aliphatic hydroxyl groups is 1. The number of H-pyrrole nitrogens is 1. The predicted octanol–water partition coefficient (Wildman–Crippen LogP) is 5.51. The van der Waals surface area contributed by atoms with E-state index in [0.717, 1.165) is 34.1 Å². The van der Waals surface area contributed by atoms with Crippen LogP contribution in [0.5, 0.6) is 0 Å². The molecule has 0 amide bonds. The smallest absolute Gasteiger partial charge is 0.335 e. The van der Waals surface area contributed by atoms with Gasteiger partial charge >= 0.3 is 5.97 Å². The number of rotatable bonds is 6. The molecule has 0 spiro atoms. The zero-order chi connectivity index (χ0) is 20.4. The summed E-state index contributed by atoms with van der Waals surface area (Å²) in [4.78, 5) is 15.0. The molecular formula is C25H23NO3. The maximum absolute atomic E-state index is 11.7. The molecule has 4 rings (SSSR count). The van der Waals surface area contributed by atoms with Crippen molar-refractivity contribution in [1.82, 2.24) is 4.98 Å². The Bertz CT molecular complexity index is 1150. The summed E-state index contributed by atoms with van der Waals surface area (Å²) >= 11 is 0. The number of benzene rings is 3. The number of aromatic nitrogens is 1. The number of nitrogens with one attached hydrogen (secondary N) is 1. The number of carboxylic acids is 1. The number of aryl methyl sites for hydroxylation is 2. The number of hydrogen-bond acceptors (Lipinski definition) is 2. The summed E-state index contributed by atoms with van der Waals surface area (Å²) in [6, 6.07) is 23.4. The summed E-state index contributed by atoms with van der Waals surface area (Å²) in [5.41, 5.74) is 5.52. The first kappa shape index (κ1) is 19.0. The van der Waals surface area contributed by atoms with Crippen LogP contribution in [-0.4, -0.2) is 21.2 Å². The van der Waals surface area contributed by atoms with Gasteiger partial charge in [0.05, 0.1) is 17.4 Å². The van der Waals surface area contributed by atoms with Gasteiger partial charge in [-0.2, -0.15) is 0 Å². The number of carboxylic acid groups (broad SMARTS) is 1. The summed E-state index contributed by atoms with van der Waals surface area (Å²) in [7, 11) is 0. The Balaban J connectivity index is 1.81. The highest BCUT2D eigenvalue weighted by Crippen LogP contribution is 2.38. The first-order chi connectivity index (χ1) is 14.0. The fourth-order valence-electron chi connectivity index (χ4n) is 3.86. The van der Waals surface area contributed by atoms with Gasteiger partial charge in [0, 0.05) is 16.5 Å². The predicted molar refractivity (Wildman–Crippen MR) is 115 cm³/mol. The molecule has 0 saturated heterocycles. The minimum atomic E-state index is -0.948. The molecular weight excluding hydrogens is 362 g/mol. The van der Waals surface area contributed by atoms with Crippen molar-refractivity contribution in [1.29, 1.82) is 0 Å². The van der Waals surface area contributed by atoms with E-state index < -0.39 is 12.1 Å². The van der Waals surface area contributed by atoms with E-state index in [9.17, 15) is 15.0 Å². The van der Waals surface area contributed by atoms with Crippen LogP contribution >= 0.6 is 0 Å². The van der Waals surface area contributed by atoms with Crippen molar-refractivity contribution in [2.24, 2.45) is 0 Å². The highest BCUT2D eigenvalue weighted by molar-refractivity contribution is 6.02. The lowest BCUT2D eigenvalue weighted by molar-refractivity contribution is 0.0696. The molecule has 1 aromatic heterocycles. The molecule has 4 heteroatoms. The number of fused-ring (bicyclic) bond motifs is 1. The minimum absolute atomic E-state index is 0.277. The van der Waals surface area contributed by atoms with Crippen molar-refractivity contribution in [2.45, 2.75) is 25.9 Å². The number of carbonyl (C=O) groups is 1. The van der Waals surface area contributed by atoms with E-state index in [4.69, 9.17) is 0 Å². The van der Waals surface area contributed by atoms with Gasteiger partial charge in [0.1, 0.15) is 0 Å². The third-order valence-corrected chi connectivity index (χ3v) is 5.35. The summed E-state index contributed by atoms with van der Waals surface area (Å²) in [5.74, 6) is -0.948. The van der Waals surface area contributed by atoms with Gasteiger partial charge in [-0.3, -0.25) is 0 Å². The highest BCUT2D eigenvalue weighted by Gasteiger charge is 2.21. The van der Waals surface area contributed by atoms with Gasteiger partial charge in [0.2, 0.25) is 0 Å². The molecule has 29 heavy (non-hydrogen) atoms. The Labute approximate surface area is 169 Å². The van der Waals surface area contributed by atoms with Crippen LogP contribution in [0.15, 0.2) is 72.8 Å². The van der Waals surface area contributed by atoms with Crippen molar-refractivity contribution in [3.63, 3.8) is 0 Å². The molecule has 0 bridgehead atoms. The van der Waals surface area contributed by atoms with Gasteiger partial charge in [-0.15, -0.1) is 0 Å². The second-order valence-corrected chi connectivity index (χ2v) is 7.34. The average molecular weight is 385 g/mol. The van der Waals surface area contributed by atoms with Gasteiger partial charge < -0.3 is 15.2 Å². The first-order valence-corrected chi connectivity index (χ1v) is 9.71. The van der Waals surface area contributed by atoms with E-state index in [0.29, 0.717) is 12.0 Å². The van der Waals surface area contributed by atoms with Crippen LogP contribution < -0.4 is 0 Å². The van der Waals surface area contributed by atoms with Crippen molar-refractivity contribution in [2.75, 3.05) is 0 Å². The summed E-state index contributed by atoms with van der Waals surface area (Å²) < 4.78 is 0. The summed E-state index contributed by atoms with van der Waals surface area (Å²) in [6.45, 7) is 1.79. The van der Waals surface area contributed by atoms with Crippen LogP contribution in [0.2, 0.25) is 0 Å². The van der Waals surface area contributed by atoms with Gasteiger partial charge in [-0.05, 0) is 48.6 Å². The molecule has 146 valence electrons. The molecule has 1 heterocycles. The summed E-state index contributed by atoms with van der Waals surface area (Å²) in [6.07, 6.45) is 0.637. The van der Waals surface area contributed by atoms with Crippen LogP contribution in [0.3, 0.4) is 0 Å². The van der Waals surface area contributed by atoms with Crippen LogP contribution in [-0.2, 0) is 6.42 Å². The quantitative estimate of drug-likeness (QED) is 0.410. The second kappa shape index (κ2) is 7.94. The van der Waals surface area contributed by atoms with Crippen molar-refractivity contribution in [3.05, 3.63) is 95.2 Å². The third-order valence-electron chi connectivity index (χ3n) is 5.35. The molecule has 0 aliphatic carbocycles. The zero-order valence-corrected chi connectivity index (χ0v) is 16.2. The molecule has 4 aromatic rings. The maximum atomic E-state index is 11.7. The van der Waals surface area contributed by atoms with Crippen LogP contribution in [0, 0.1) is 6.92 Å². The van der Waals surface area contributed by atoms with E-state index >= 15 is 0 Å². The lowest BCUT2D eigenvalue weighted by atomic mass is 9.95. The molecule has 0 radical (unpaired) electrons. The Hall–Kier alpha value is -3.37. The molecule has 1 atom stereocenters. The van der Waals surface area contributed by atoms with E-state index in [-0.39, 0.29) is 5.56 Å². The van der Waals surface area contributed by atoms with Crippen LogP contribution in [0.4, 0.5) is 0 Å². The monoisotopic (exact) mass is 385 g/mol. The second-order valence-electron chi connectivity index (χ2n) is 7.34. The topological polar surface area (TPSA) is 73.3 Å². The average Bonchev–Trinajstić information content (AvgIpc) is 3.11. The standard InChI is InChI=1S/C25H23NO3/c1-16-14-21-20(15-19(16)25(28)29)23(18-10-6-3-7-11-18)24(26-21)22(27)13-12-17-8-4-2-5-9-17/h2-11,14-15,22,26-27H,12-13H2,1H3,(H,28,29). The molecule has 0 aliphatic heterocycles. The number of hydrogen-bond donors (Lipinski definition) is 3. The molecule has 0 aliphatic rings. The maximum Gasteiger partial charge on any atom is 0.335 e. The van der Waals surface area contributed by atoms with Crippen molar-refractivity contribution >= 4 is 16.9 Å². The van der Waals surface area contributed by atoms with Crippen molar-refractivity contribution < 1.29 is 15.0 Å². The Kier molecular flexibility index (Phi) is 5.19. The van der Waals surface area contributed by atoms with E-state index in [1.165, 1.54) is 5.56 Å². The highest BCUT2D eigenvalue weighted by atomic mass is 16.4. The molecule has 0 saturated carbocycles. The van der Waals surface area contributed by atoms with Crippen LogP contribution in [0.25, 0.3) is 22.0 Å². The van der Waals surface area contributed by atoms with E-state index in [1.807, 2.05) is 54.6 Å². The molecule has 3 aromatic carbocycles. The third kappa shape index (κ3) is 3.80. The van der Waals surface area contributed by atoms with Gasteiger partial charge in [-0.25, -0.2) is 4.79 Å². The van der Waals surface area contributed by atoms with E-state index in [2.05, 4.69) is 17.1 Å². The van der Waals surface area contributed by atoms with Gasteiger partial charge in [0.15, 0.2) is 0 Å². The lowest BCUT2D eigenvalue weighted by Crippen LogP contribution is -2.02. The normalized spacial score (nSPS) is 12.2. The minimum Gasteiger partial charge on any atom is -0.478 e. The molecule has 0 fully saturated rings. The number of aromatic carboxylic acids is 1. The first-order valence-electron chi connectivity index (χ1n) is 9.71. The molecule has 1 unspecified atom stereocenters. The lowest BCUT2D eigenvalue weighted by Gasteiger charge is -2.13. The largest absolute Gasteiger partial charge is 0.478 e. The van der Waals surface area contributed by atoms with E-state index in [1.54, 1.807) is 13.0 Å². The molecule has 3 N–H and O–H groups in total. The van der Waals surface area contributed by atoms with Crippen molar-refractivity contribution in [3.8, 4) is 11.1 Å². The van der Waals surface area contributed by atoms with Gasteiger partial charge in [0.25, 0.3) is 0 Å². The van der Waals surface area contributed by atoms with Crippen LogP contribution in [0.1, 0.15) is 39.7 Å². The Morgan fingerprint density at radius 2 is 1.66 bits per heavy atom. The summed E-state index contributed by atoms with van der Waals surface area (Å²) in [5, 5.41) is 21.4. The van der Waals surface area contributed by atoms with Gasteiger partial charge in [-0.1, -0.05) is 60.7 Å². The molecule has 4 nitrogen and oxygen atoms in total. The number of aliphatic hydroxyl groups excluding tert-OH is 1. The Morgan fingerprint density at radius 1 is 1.00 bits per heavy atom. The zero-order valence-electron chi connectivity index (χ0n) is 16.2. The fraction of sp³-hybridized carbons (Fsp3) is 0.160.